The number of rotatable bonds is 6. The molecule has 2 unspecified atom stereocenters. The third kappa shape index (κ3) is 4.83. The van der Waals surface area contributed by atoms with Crippen LogP contribution >= 0.6 is 0 Å². The first-order valence-corrected chi connectivity index (χ1v) is 15.4. The van der Waals surface area contributed by atoms with Gasteiger partial charge in [0.2, 0.25) is 0 Å². The minimum absolute atomic E-state index is 0.0742. The average molecular weight is 547 g/mol. The van der Waals surface area contributed by atoms with Crippen molar-refractivity contribution in [1.82, 2.24) is 25.2 Å². The number of aromatic nitrogens is 3. The Balaban J connectivity index is 0.00000142. The number of nitrogens with one attached hydrogen (secondary N) is 1. The van der Waals surface area contributed by atoms with Gasteiger partial charge >= 0.3 is 6.01 Å². The standard InChI is InChI=1S/C30H37FN6O.C2H6/c1-19(2)22-7-3-4-8-23(22)26-25(31)27-24(15-32-26)28(36-16-20-9-10-21(17-36)33-20)35-29(34-27)38-18-30-11-5-13-37(30)14-6-12-30;1-2/h3-4,7-8,15,19-21,33H,5-6,9-14,16-18H2,1-2H3;1-2H3. The Morgan fingerprint density at radius 1 is 1.05 bits per heavy atom. The van der Waals surface area contributed by atoms with Crippen LogP contribution in [0.2, 0.25) is 0 Å². The Morgan fingerprint density at radius 3 is 2.45 bits per heavy atom. The molecule has 0 spiro atoms. The zero-order chi connectivity index (χ0) is 27.9. The minimum atomic E-state index is -0.399. The summed E-state index contributed by atoms with van der Waals surface area (Å²) in [5, 5.41) is 4.34. The molecule has 7 nitrogen and oxygen atoms in total. The van der Waals surface area contributed by atoms with Crippen molar-refractivity contribution in [2.45, 2.75) is 89.8 Å². The second-order valence-electron chi connectivity index (χ2n) is 12.0. The number of pyridine rings is 1. The fraction of sp³-hybridized carbons (Fsp3) is 0.594. The molecular weight excluding hydrogens is 503 g/mol. The molecule has 40 heavy (non-hydrogen) atoms. The number of hydrogen-bond donors (Lipinski definition) is 1. The van der Waals surface area contributed by atoms with Crippen LogP contribution in [0.15, 0.2) is 30.5 Å². The Kier molecular flexibility index (Phi) is 7.66. The van der Waals surface area contributed by atoms with E-state index in [-0.39, 0.29) is 17.5 Å². The number of hydrogen-bond acceptors (Lipinski definition) is 7. The summed E-state index contributed by atoms with van der Waals surface area (Å²) in [6.45, 7) is 12.8. The van der Waals surface area contributed by atoms with Crippen molar-refractivity contribution >= 4 is 16.7 Å². The van der Waals surface area contributed by atoms with Gasteiger partial charge in [-0.3, -0.25) is 9.88 Å². The summed E-state index contributed by atoms with van der Waals surface area (Å²) < 4.78 is 22.8. The van der Waals surface area contributed by atoms with Crippen LogP contribution < -0.4 is 15.0 Å². The lowest BCUT2D eigenvalue weighted by molar-refractivity contribution is 0.108. The van der Waals surface area contributed by atoms with Gasteiger partial charge in [0.1, 0.15) is 23.6 Å². The first kappa shape index (κ1) is 27.3. The molecule has 214 valence electrons. The Hall–Kier alpha value is -2.84. The Labute approximate surface area is 237 Å². The first-order chi connectivity index (χ1) is 19.5. The molecule has 0 amide bonds. The molecule has 0 saturated carbocycles. The van der Waals surface area contributed by atoms with E-state index < -0.39 is 5.82 Å². The van der Waals surface area contributed by atoms with Crippen molar-refractivity contribution in [3.63, 3.8) is 0 Å². The maximum atomic E-state index is 16.4. The largest absolute Gasteiger partial charge is 0.461 e. The van der Waals surface area contributed by atoms with Gasteiger partial charge in [0.15, 0.2) is 5.82 Å². The van der Waals surface area contributed by atoms with Crippen LogP contribution in [-0.4, -0.2) is 70.3 Å². The lowest BCUT2D eigenvalue weighted by atomic mass is 9.94. The van der Waals surface area contributed by atoms with E-state index in [0.717, 1.165) is 68.8 Å². The van der Waals surface area contributed by atoms with E-state index in [9.17, 15) is 0 Å². The molecular formula is C32H43FN6O. The molecule has 0 aliphatic carbocycles. The van der Waals surface area contributed by atoms with Gasteiger partial charge in [-0.2, -0.15) is 9.97 Å². The van der Waals surface area contributed by atoms with Crippen LogP contribution in [0.3, 0.4) is 0 Å². The van der Waals surface area contributed by atoms with Crippen molar-refractivity contribution in [1.29, 1.82) is 0 Å². The van der Waals surface area contributed by atoms with E-state index in [1.807, 2.05) is 32.0 Å². The monoisotopic (exact) mass is 546 g/mol. The molecule has 2 bridgehead atoms. The van der Waals surface area contributed by atoms with E-state index in [1.54, 1.807) is 6.20 Å². The maximum absolute atomic E-state index is 16.4. The lowest BCUT2D eigenvalue weighted by Gasteiger charge is -2.34. The molecule has 2 atom stereocenters. The van der Waals surface area contributed by atoms with E-state index in [2.05, 4.69) is 40.0 Å². The minimum Gasteiger partial charge on any atom is -0.461 e. The highest BCUT2D eigenvalue weighted by atomic mass is 19.1. The molecule has 8 heteroatoms. The predicted molar refractivity (Wildman–Crippen MR) is 159 cm³/mol. The highest BCUT2D eigenvalue weighted by molar-refractivity contribution is 5.92. The summed E-state index contributed by atoms with van der Waals surface area (Å²) in [5.41, 5.74) is 2.60. The van der Waals surface area contributed by atoms with Crippen LogP contribution in [0.25, 0.3) is 22.2 Å². The van der Waals surface area contributed by atoms with Gasteiger partial charge in [0.25, 0.3) is 0 Å². The molecule has 3 aromatic rings. The van der Waals surface area contributed by atoms with Gasteiger partial charge in [0, 0.05) is 36.9 Å². The van der Waals surface area contributed by atoms with E-state index in [0.29, 0.717) is 35.3 Å². The summed E-state index contributed by atoms with van der Waals surface area (Å²) in [7, 11) is 0. The summed E-state index contributed by atoms with van der Waals surface area (Å²) in [6, 6.07) is 9.09. The van der Waals surface area contributed by atoms with E-state index in [1.165, 1.54) is 12.8 Å². The molecule has 4 aliphatic heterocycles. The molecule has 7 rings (SSSR count). The number of ether oxygens (including phenoxy) is 1. The zero-order valence-corrected chi connectivity index (χ0v) is 24.4. The van der Waals surface area contributed by atoms with Crippen LogP contribution in [0.4, 0.5) is 10.2 Å². The first-order valence-electron chi connectivity index (χ1n) is 15.4. The number of benzene rings is 1. The maximum Gasteiger partial charge on any atom is 0.319 e. The van der Waals surface area contributed by atoms with Crippen LogP contribution in [-0.2, 0) is 0 Å². The summed E-state index contributed by atoms with van der Waals surface area (Å²) in [5.74, 6) is 0.591. The van der Waals surface area contributed by atoms with Crippen LogP contribution in [0, 0.1) is 5.82 Å². The van der Waals surface area contributed by atoms with Gasteiger partial charge in [-0.15, -0.1) is 0 Å². The van der Waals surface area contributed by atoms with Crippen molar-refractivity contribution in [3.05, 3.63) is 41.8 Å². The summed E-state index contributed by atoms with van der Waals surface area (Å²) in [4.78, 5) is 19.1. The van der Waals surface area contributed by atoms with Gasteiger partial charge in [0.05, 0.1) is 10.9 Å². The number of piperazine rings is 1. The van der Waals surface area contributed by atoms with Gasteiger partial charge in [-0.25, -0.2) is 4.39 Å². The summed E-state index contributed by atoms with van der Waals surface area (Å²) in [6.07, 6.45) is 8.78. The second kappa shape index (κ2) is 11.2. The highest BCUT2D eigenvalue weighted by Gasteiger charge is 2.45. The molecule has 1 N–H and O–H groups in total. The molecule has 4 fully saturated rings. The average Bonchev–Trinajstić information content (AvgIpc) is 3.66. The van der Waals surface area contributed by atoms with Crippen molar-refractivity contribution in [2.24, 2.45) is 0 Å². The summed E-state index contributed by atoms with van der Waals surface area (Å²) >= 11 is 0. The fourth-order valence-corrected chi connectivity index (χ4v) is 7.36. The second-order valence-corrected chi connectivity index (χ2v) is 12.0. The van der Waals surface area contributed by atoms with E-state index in [4.69, 9.17) is 14.7 Å². The lowest BCUT2D eigenvalue weighted by Crippen LogP contribution is -2.51. The molecule has 4 saturated heterocycles. The number of halogens is 1. The van der Waals surface area contributed by atoms with Crippen LogP contribution in [0.1, 0.15) is 77.7 Å². The number of anilines is 1. The molecule has 1 aromatic carbocycles. The third-order valence-corrected chi connectivity index (χ3v) is 9.28. The van der Waals surface area contributed by atoms with Gasteiger partial charge in [-0.1, -0.05) is 52.0 Å². The quantitative estimate of drug-likeness (QED) is 0.411. The van der Waals surface area contributed by atoms with Crippen molar-refractivity contribution in [3.8, 4) is 17.3 Å². The SMILES string of the molecule is CC.CC(C)c1ccccc1-c1ncc2c(N3CC4CCC(C3)N4)nc(OCC34CCCN3CCC4)nc2c1F. The van der Waals surface area contributed by atoms with Crippen molar-refractivity contribution < 1.29 is 9.13 Å². The third-order valence-electron chi connectivity index (χ3n) is 9.28. The van der Waals surface area contributed by atoms with Crippen molar-refractivity contribution in [2.75, 3.05) is 37.7 Å². The molecule has 6 heterocycles. The zero-order valence-electron chi connectivity index (χ0n) is 24.4. The Morgan fingerprint density at radius 2 is 1.75 bits per heavy atom. The highest BCUT2D eigenvalue weighted by Crippen LogP contribution is 2.40. The number of nitrogens with zero attached hydrogens (tertiary/aromatic N) is 5. The van der Waals surface area contributed by atoms with Gasteiger partial charge in [-0.05, 0) is 63.1 Å². The number of fused-ring (bicyclic) bond motifs is 4. The predicted octanol–water partition coefficient (Wildman–Crippen LogP) is 5.93. The molecule has 4 aliphatic rings. The topological polar surface area (TPSA) is 66.4 Å². The molecule has 0 radical (unpaired) electrons. The van der Waals surface area contributed by atoms with Gasteiger partial charge < -0.3 is 15.0 Å². The normalized spacial score (nSPS) is 23.4. The smallest absolute Gasteiger partial charge is 0.319 e. The van der Waals surface area contributed by atoms with E-state index >= 15 is 4.39 Å². The Bertz CT molecular complexity index is 1340. The molecule has 2 aromatic heterocycles. The fourth-order valence-electron chi connectivity index (χ4n) is 7.36. The van der Waals surface area contributed by atoms with Crippen LogP contribution in [0.5, 0.6) is 6.01 Å².